The third-order valence-corrected chi connectivity index (χ3v) is 16.9. The summed E-state index contributed by atoms with van der Waals surface area (Å²) in [4.78, 5) is 8.15. The van der Waals surface area contributed by atoms with Gasteiger partial charge in [-0.3, -0.25) is 9.98 Å². The Morgan fingerprint density at radius 3 is 0.802 bits per heavy atom. The molecule has 91 heavy (non-hydrogen) atoms. The van der Waals surface area contributed by atoms with E-state index < -0.39 is 0 Å². The second kappa shape index (κ2) is 29.9. The van der Waals surface area contributed by atoms with E-state index in [1.165, 1.54) is 22.3 Å². The van der Waals surface area contributed by atoms with E-state index in [4.69, 9.17) is 42.9 Å². The zero-order valence-electron chi connectivity index (χ0n) is 59.8. The average Bonchev–Trinajstić information content (AvgIpc) is 0.836. The maximum Gasteiger partial charge on any atom is 0.186 e. The van der Waals surface area contributed by atoms with E-state index in [-0.39, 0.29) is 50.2 Å². The first-order chi connectivity index (χ1) is 42.0. The molecule has 0 amide bonds. The Hall–Kier alpha value is -7.38. The summed E-state index contributed by atoms with van der Waals surface area (Å²) in [6.07, 6.45) is 3.46. The molecule has 0 aliphatic rings. The lowest BCUT2D eigenvalue weighted by Gasteiger charge is -2.27. The maximum atomic E-state index is 12.4. The summed E-state index contributed by atoms with van der Waals surface area (Å²) in [5.41, 5.74) is 46.1. The van der Waals surface area contributed by atoms with Crippen molar-refractivity contribution in [3.63, 3.8) is 0 Å². The number of hydrogen-bond donors (Lipinski definition) is 8. The summed E-state index contributed by atoms with van der Waals surface area (Å²) < 4.78 is 19.1. The van der Waals surface area contributed by atoms with Gasteiger partial charge in [0.1, 0.15) is 54.3 Å². The average molecular weight is 1250 g/mol. The van der Waals surface area contributed by atoms with Crippen LogP contribution < -0.4 is 42.9 Å². The Morgan fingerprint density at radius 2 is 0.560 bits per heavy atom. The van der Waals surface area contributed by atoms with Crippen LogP contribution in [0.1, 0.15) is 239 Å². The number of nitrogens with zero attached hydrogens (tertiary/aromatic N) is 2. The van der Waals surface area contributed by atoms with Gasteiger partial charge in [-0.1, -0.05) is 211 Å². The minimum absolute atomic E-state index is 0.000213. The van der Waals surface area contributed by atoms with E-state index in [1.807, 2.05) is 0 Å². The highest BCUT2D eigenvalue weighted by Gasteiger charge is 2.28. The predicted molar refractivity (Wildman–Crippen MR) is 382 cm³/mol. The van der Waals surface area contributed by atoms with Gasteiger partial charge < -0.3 is 58.2 Å². The Balaban J connectivity index is 0.000000395. The third kappa shape index (κ3) is 20.3. The molecule has 0 aliphatic carbocycles. The van der Waals surface area contributed by atoms with Gasteiger partial charge in [0.2, 0.25) is 0 Å². The van der Waals surface area contributed by atoms with Crippen molar-refractivity contribution in [3.05, 3.63) is 173 Å². The van der Waals surface area contributed by atoms with Gasteiger partial charge in [-0.2, -0.15) is 0 Å². The molecule has 13 N–H and O–H groups in total. The fourth-order valence-electron chi connectivity index (χ4n) is 11.2. The first-order valence-corrected chi connectivity index (χ1v) is 32.7. The van der Waals surface area contributed by atoms with Crippen LogP contribution in [0.15, 0.2) is 82.8 Å². The zero-order chi connectivity index (χ0) is 68.5. The zero-order valence-corrected chi connectivity index (χ0v) is 59.8. The van der Waals surface area contributed by atoms with Crippen molar-refractivity contribution in [1.82, 2.24) is 0 Å². The fourth-order valence-corrected chi connectivity index (χ4v) is 11.2. The number of aryl methyl sites for hydroxylation is 4. The van der Waals surface area contributed by atoms with Gasteiger partial charge >= 0.3 is 0 Å². The van der Waals surface area contributed by atoms with Gasteiger partial charge in [0.05, 0.1) is 13.1 Å². The molecule has 0 heterocycles. The molecule has 0 saturated carbocycles. The minimum atomic E-state index is -0.205. The predicted octanol–water partition coefficient (Wildman–Crippen LogP) is 15.0. The number of aromatic hydroxyl groups is 3. The monoisotopic (exact) mass is 1250 g/mol. The molecule has 498 valence electrons. The number of aliphatic imine (C=N–C) groups is 2. The molecule has 13 heteroatoms. The van der Waals surface area contributed by atoms with Crippen LogP contribution in [-0.4, -0.2) is 66.7 Å². The van der Waals surface area contributed by atoms with Gasteiger partial charge in [-0.15, -0.1) is 0 Å². The second-order valence-corrected chi connectivity index (χ2v) is 31.0. The molecule has 6 aromatic rings. The Labute approximate surface area is 547 Å². The molecule has 6 rings (SSSR count). The molecule has 13 nitrogen and oxygen atoms in total. The first-order valence-electron chi connectivity index (χ1n) is 32.7. The standard InChI is InChI=1S/C51H74N4O4.C27H41N3O2/c1-15-32-24-40(49(6,7)8)25-33(43(32)56)22-37-29-42(51(12,13)14)30-38(46(37)58-18-16-52)23-35-27-41(50(9,10)11)26-34(44(35)57)21-36-28-39(48(3,4)5)20-31(2)45(36)59-19-17-55-47(53)54;1-9-18-14-22(27(6,7)8)15-19(23(18)31)13-20-16-21(26(3,4)5)12-17(2)24(20)32-11-10-30-25(28)29/h20,24-30,56-57H,15-19,21-23,52H2,1-14H3,(H4,53,54,55);12,14-16,31H,9-11,13H2,1-8H3,(H4,28,29,30). The van der Waals surface area contributed by atoms with Crippen molar-refractivity contribution in [2.45, 2.75) is 223 Å². The molecule has 0 fully saturated rings. The number of phenolic OH excluding ortho intramolecular Hbond substituents is 3. The normalized spacial score (nSPS) is 12.3. The number of hydrogen-bond acceptors (Lipinski definition) is 9. The summed E-state index contributed by atoms with van der Waals surface area (Å²) in [5, 5.41) is 35.0. The third-order valence-electron chi connectivity index (χ3n) is 16.9. The molecule has 0 radical (unpaired) electrons. The summed E-state index contributed by atoms with van der Waals surface area (Å²) in [6, 6.07) is 26.0. The fraction of sp³-hybridized carbons (Fsp3) is 0.513. The molecule has 0 unspecified atom stereocenters. The van der Waals surface area contributed by atoms with Crippen LogP contribution in [0.4, 0.5) is 0 Å². The van der Waals surface area contributed by atoms with E-state index in [0.29, 0.717) is 76.6 Å². The lowest BCUT2D eigenvalue weighted by Crippen LogP contribution is -2.23. The Kier molecular flexibility index (Phi) is 24.4. The lowest BCUT2D eigenvalue weighted by atomic mass is 9.80. The number of rotatable bonds is 21. The molecule has 0 aliphatic heterocycles. The van der Waals surface area contributed by atoms with Crippen LogP contribution in [0.3, 0.4) is 0 Å². The highest BCUT2D eigenvalue weighted by molar-refractivity contribution is 5.76. The molecular formula is C78H115N7O6. The molecule has 0 bridgehead atoms. The number of phenols is 3. The van der Waals surface area contributed by atoms with Crippen LogP contribution in [0.2, 0.25) is 0 Å². The molecule has 0 spiro atoms. The van der Waals surface area contributed by atoms with E-state index >= 15 is 0 Å². The first kappa shape index (κ1) is 74.3. The van der Waals surface area contributed by atoms with Crippen molar-refractivity contribution in [1.29, 1.82) is 0 Å². The quantitative estimate of drug-likeness (QED) is 0.0191. The van der Waals surface area contributed by atoms with E-state index in [9.17, 15) is 15.3 Å². The maximum absolute atomic E-state index is 12.4. The van der Waals surface area contributed by atoms with Crippen LogP contribution in [0.5, 0.6) is 34.5 Å². The van der Waals surface area contributed by atoms with Crippen LogP contribution in [-0.2, 0) is 71.0 Å². The highest BCUT2D eigenvalue weighted by Crippen LogP contribution is 2.43. The van der Waals surface area contributed by atoms with E-state index in [0.717, 1.165) is 108 Å². The van der Waals surface area contributed by atoms with E-state index in [1.54, 1.807) is 0 Å². The van der Waals surface area contributed by atoms with Crippen LogP contribution in [0, 0.1) is 13.8 Å². The Bertz CT molecular complexity index is 3550. The van der Waals surface area contributed by atoms with Gasteiger partial charge in [0.15, 0.2) is 11.9 Å². The highest BCUT2D eigenvalue weighted by atomic mass is 16.5. The smallest absolute Gasteiger partial charge is 0.186 e. The van der Waals surface area contributed by atoms with Gasteiger partial charge in [-0.25, -0.2) is 0 Å². The van der Waals surface area contributed by atoms with Crippen molar-refractivity contribution < 1.29 is 29.5 Å². The number of nitrogens with two attached hydrogens (primary N) is 5. The van der Waals surface area contributed by atoms with Crippen LogP contribution in [0.25, 0.3) is 0 Å². The molecule has 0 saturated heterocycles. The summed E-state index contributed by atoms with van der Waals surface area (Å²) >= 11 is 0. The van der Waals surface area contributed by atoms with E-state index in [2.05, 4.69) is 235 Å². The van der Waals surface area contributed by atoms with Crippen molar-refractivity contribution >= 4 is 11.9 Å². The second-order valence-electron chi connectivity index (χ2n) is 31.0. The van der Waals surface area contributed by atoms with Gasteiger partial charge in [0, 0.05) is 32.2 Å². The summed E-state index contributed by atoms with van der Waals surface area (Å²) in [6.45, 7) is 50.1. The summed E-state index contributed by atoms with van der Waals surface area (Å²) in [5.74, 6) is 3.40. The SMILES string of the molecule is CCc1cc(C(C)(C)C)cc(Cc2cc(C(C)(C)C)cc(C)c2OCCN=C(N)N)c1O.CCc1cc(C(C)(C)C)cc(Cc2cc(C(C)(C)C)cc(Cc3cc(C(C)(C)C)cc(Cc4cc(C(C)(C)C)cc(C)c4OCCN=C(N)N)c3O)c2OCCN)c1O. The van der Waals surface area contributed by atoms with Crippen molar-refractivity contribution in [2.24, 2.45) is 38.7 Å². The molecule has 0 atom stereocenters. The molecule has 0 aromatic heterocycles. The number of ether oxygens (including phenoxy) is 3. The topological polar surface area (TPSA) is 243 Å². The van der Waals surface area contributed by atoms with Crippen molar-refractivity contribution in [3.8, 4) is 34.5 Å². The van der Waals surface area contributed by atoms with Gasteiger partial charge in [-0.05, 0) is 159 Å². The molecular weight excluding hydrogens is 1130 g/mol. The lowest BCUT2D eigenvalue weighted by molar-refractivity contribution is 0.321. The number of benzene rings is 6. The summed E-state index contributed by atoms with van der Waals surface area (Å²) in [7, 11) is 0. The van der Waals surface area contributed by atoms with Crippen molar-refractivity contribution in [2.75, 3.05) is 39.5 Å². The largest absolute Gasteiger partial charge is 0.507 e. The number of guanidine groups is 2. The van der Waals surface area contributed by atoms with Crippen LogP contribution >= 0.6 is 0 Å². The minimum Gasteiger partial charge on any atom is -0.507 e. The molecule has 6 aromatic carbocycles. The van der Waals surface area contributed by atoms with Gasteiger partial charge in [0.25, 0.3) is 0 Å². The Morgan fingerprint density at radius 1 is 0.341 bits per heavy atom.